The fourth-order valence-corrected chi connectivity index (χ4v) is 5.15. The SMILES string of the molecule is CN=C(NC1CCc2ccccc2C1)NC1C2CCCOC2C1(C)C.I. The molecule has 0 aromatic heterocycles. The Hall–Kier alpha value is -0.820. The number of nitrogens with zero attached hydrogens (tertiary/aromatic N) is 1. The van der Waals surface area contributed by atoms with Crippen molar-refractivity contribution < 1.29 is 4.74 Å². The van der Waals surface area contributed by atoms with E-state index in [0.29, 0.717) is 24.1 Å². The van der Waals surface area contributed by atoms with E-state index < -0.39 is 0 Å². The molecule has 3 aliphatic rings. The van der Waals surface area contributed by atoms with Gasteiger partial charge in [-0.25, -0.2) is 0 Å². The molecule has 1 heterocycles. The van der Waals surface area contributed by atoms with Crippen LogP contribution in [0.5, 0.6) is 0 Å². The lowest BCUT2D eigenvalue weighted by atomic mass is 9.55. The second kappa shape index (κ2) is 8.05. The summed E-state index contributed by atoms with van der Waals surface area (Å²) < 4.78 is 6.03. The average molecular weight is 469 g/mol. The molecule has 144 valence electrons. The number of guanidine groups is 1. The second-order valence-electron chi connectivity index (χ2n) is 8.47. The molecular weight excluding hydrogens is 437 g/mol. The number of rotatable bonds is 2. The Bertz CT molecular complexity index is 660. The van der Waals surface area contributed by atoms with E-state index >= 15 is 0 Å². The first-order chi connectivity index (χ1) is 12.1. The summed E-state index contributed by atoms with van der Waals surface area (Å²) in [4.78, 5) is 4.52. The molecule has 0 spiro atoms. The highest BCUT2D eigenvalue weighted by molar-refractivity contribution is 14.0. The van der Waals surface area contributed by atoms with Crippen molar-refractivity contribution >= 4 is 29.9 Å². The number of benzene rings is 1. The maximum atomic E-state index is 6.03. The van der Waals surface area contributed by atoms with E-state index in [1.807, 2.05) is 7.05 Å². The molecule has 2 fully saturated rings. The van der Waals surface area contributed by atoms with Crippen molar-refractivity contribution in [1.29, 1.82) is 0 Å². The number of halogens is 1. The normalized spacial score (nSPS) is 32.3. The summed E-state index contributed by atoms with van der Waals surface area (Å²) in [6, 6.07) is 9.72. The standard InChI is InChI=1S/C21H31N3O.HI/c1-21(2)18(17-9-6-12-25-19(17)21)24-20(22-3)23-16-11-10-14-7-4-5-8-15(14)13-16;/h4-5,7-8,16-19H,6,9-13H2,1-3H3,(H2,22,23,24);1H. The fourth-order valence-electron chi connectivity index (χ4n) is 5.15. The molecular formula is C21H32IN3O. The van der Waals surface area contributed by atoms with Crippen molar-refractivity contribution in [2.24, 2.45) is 16.3 Å². The average Bonchev–Trinajstić information content (AvgIpc) is 2.64. The molecule has 0 radical (unpaired) electrons. The molecule has 4 rings (SSSR count). The van der Waals surface area contributed by atoms with Gasteiger partial charge in [-0.2, -0.15) is 0 Å². The molecule has 1 aromatic carbocycles. The van der Waals surface area contributed by atoms with Gasteiger partial charge in [-0.05, 0) is 43.2 Å². The maximum absolute atomic E-state index is 6.03. The molecule has 26 heavy (non-hydrogen) atoms. The number of fused-ring (bicyclic) bond motifs is 2. The van der Waals surface area contributed by atoms with E-state index in [1.54, 1.807) is 0 Å². The van der Waals surface area contributed by atoms with Gasteiger partial charge in [0.2, 0.25) is 0 Å². The molecule has 4 unspecified atom stereocenters. The largest absolute Gasteiger partial charge is 0.377 e. The zero-order valence-electron chi connectivity index (χ0n) is 16.1. The van der Waals surface area contributed by atoms with Crippen LogP contribution in [0.1, 0.15) is 44.2 Å². The van der Waals surface area contributed by atoms with E-state index in [0.717, 1.165) is 25.4 Å². The zero-order chi connectivity index (χ0) is 17.4. The molecule has 1 saturated carbocycles. The van der Waals surface area contributed by atoms with Crippen LogP contribution in [0.25, 0.3) is 0 Å². The van der Waals surface area contributed by atoms with Crippen LogP contribution in [0, 0.1) is 11.3 Å². The molecule has 2 N–H and O–H groups in total. The van der Waals surface area contributed by atoms with Crippen molar-refractivity contribution in [3.63, 3.8) is 0 Å². The zero-order valence-corrected chi connectivity index (χ0v) is 18.5. The Morgan fingerprint density at radius 1 is 1.15 bits per heavy atom. The van der Waals surface area contributed by atoms with Gasteiger partial charge in [0, 0.05) is 37.1 Å². The van der Waals surface area contributed by atoms with Crippen LogP contribution in [0.3, 0.4) is 0 Å². The summed E-state index contributed by atoms with van der Waals surface area (Å²) in [7, 11) is 1.88. The van der Waals surface area contributed by atoms with Crippen LogP contribution >= 0.6 is 24.0 Å². The van der Waals surface area contributed by atoms with Crippen molar-refractivity contribution in [1.82, 2.24) is 10.6 Å². The number of ether oxygens (including phenoxy) is 1. The third kappa shape index (κ3) is 3.61. The van der Waals surface area contributed by atoms with Gasteiger partial charge in [0.25, 0.3) is 0 Å². The summed E-state index contributed by atoms with van der Waals surface area (Å²) in [5.74, 6) is 1.57. The minimum Gasteiger partial charge on any atom is -0.377 e. The fraction of sp³-hybridized carbons (Fsp3) is 0.667. The van der Waals surface area contributed by atoms with Gasteiger partial charge >= 0.3 is 0 Å². The summed E-state index contributed by atoms with van der Waals surface area (Å²) >= 11 is 0. The lowest BCUT2D eigenvalue weighted by molar-refractivity contribution is -0.188. The van der Waals surface area contributed by atoms with E-state index in [-0.39, 0.29) is 29.4 Å². The minimum atomic E-state index is 0. The number of aryl methyl sites for hydroxylation is 1. The number of aliphatic imine (C=N–C) groups is 1. The van der Waals surface area contributed by atoms with Crippen molar-refractivity contribution in [2.45, 2.75) is 64.1 Å². The Balaban J connectivity index is 0.00000196. The highest BCUT2D eigenvalue weighted by atomic mass is 127. The van der Waals surface area contributed by atoms with E-state index in [9.17, 15) is 0 Å². The van der Waals surface area contributed by atoms with Crippen LogP contribution in [0.2, 0.25) is 0 Å². The van der Waals surface area contributed by atoms with Gasteiger partial charge in [0.05, 0.1) is 6.10 Å². The van der Waals surface area contributed by atoms with Crippen molar-refractivity contribution in [2.75, 3.05) is 13.7 Å². The predicted octanol–water partition coefficient (Wildman–Crippen LogP) is 3.53. The van der Waals surface area contributed by atoms with Crippen LogP contribution in [0.4, 0.5) is 0 Å². The van der Waals surface area contributed by atoms with Gasteiger partial charge < -0.3 is 15.4 Å². The Kier molecular flexibility index (Phi) is 6.17. The van der Waals surface area contributed by atoms with Gasteiger partial charge in [-0.15, -0.1) is 24.0 Å². The third-order valence-electron chi connectivity index (χ3n) is 6.53. The van der Waals surface area contributed by atoms with Crippen LogP contribution in [0.15, 0.2) is 29.3 Å². The van der Waals surface area contributed by atoms with Crippen molar-refractivity contribution in [3.8, 4) is 0 Å². The van der Waals surface area contributed by atoms with Gasteiger partial charge in [0.15, 0.2) is 5.96 Å². The van der Waals surface area contributed by atoms with Crippen molar-refractivity contribution in [3.05, 3.63) is 35.4 Å². The van der Waals surface area contributed by atoms with Crippen LogP contribution in [-0.4, -0.2) is 37.8 Å². The van der Waals surface area contributed by atoms with Crippen LogP contribution < -0.4 is 10.6 Å². The molecule has 4 nitrogen and oxygen atoms in total. The Labute approximate surface area is 174 Å². The highest BCUT2D eigenvalue weighted by Gasteiger charge is 2.58. The lowest BCUT2D eigenvalue weighted by Gasteiger charge is -2.60. The third-order valence-corrected chi connectivity index (χ3v) is 6.53. The molecule has 1 saturated heterocycles. The first-order valence-electron chi connectivity index (χ1n) is 9.78. The minimum absolute atomic E-state index is 0. The summed E-state index contributed by atoms with van der Waals surface area (Å²) in [5.41, 5.74) is 3.15. The van der Waals surface area contributed by atoms with Gasteiger partial charge in [0.1, 0.15) is 0 Å². The Morgan fingerprint density at radius 3 is 2.69 bits per heavy atom. The smallest absolute Gasteiger partial charge is 0.191 e. The lowest BCUT2D eigenvalue weighted by Crippen LogP contribution is -2.71. The summed E-state index contributed by atoms with van der Waals surface area (Å²) in [6.45, 7) is 5.56. The quantitative estimate of drug-likeness (QED) is 0.396. The molecule has 1 aliphatic heterocycles. The first kappa shape index (κ1) is 19.9. The summed E-state index contributed by atoms with van der Waals surface area (Å²) in [6.07, 6.45) is 6.25. The molecule has 5 heteroatoms. The van der Waals surface area contributed by atoms with E-state index in [2.05, 4.69) is 53.7 Å². The molecule has 4 atom stereocenters. The Morgan fingerprint density at radius 2 is 1.92 bits per heavy atom. The molecule has 0 bridgehead atoms. The van der Waals surface area contributed by atoms with Gasteiger partial charge in [-0.3, -0.25) is 4.99 Å². The highest BCUT2D eigenvalue weighted by Crippen LogP contribution is 2.51. The molecule has 2 aliphatic carbocycles. The van der Waals surface area contributed by atoms with Crippen LogP contribution in [-0.2, 0) is 17.6 Å². The molecule has 0 amide bonds. The molecule has 1 aromatic rings. The maximum Gasteiger partial charge on any atom is 0.191 e. The van der Waals surface area contributed by atoms with E-state index in [1.165, 1.54) is 30.4 Å². The number of hydrogen-bond acceptors (Lipinski definition) is 2. The van der Waals surface area contributed by atoms with Gasteiger partial charge in [-0.1, -0.05) is 38.1 Å². The van der Waals surface area contributed by atoms with E-state index in [4.69, 9.17) is 4.74 Å². The first-order valence-corrected chi connectivity index (χ1v) is 9.78. The number of hydrogen-bond donors (Lipinski definition) is 2. The number of nitrogens with one attached hydrogen (secondary N) is 2. The second-order valence-corrected chi connectivity index (χ2v) is 8.47. The summed E-state index contributed by atoms with van der Waals surface area (Å²) in [5, 5.41) is 7.40. The monoisotopic (exact) mass is 469 g/mol. The topological polar surface area (TPSA) is 45.7 Å². The predicted molar refractivity (Wildman–Crippen MR) is 117 cm³/mol.